The first-order valence-electron chi connectivity index (χ1n) is 8.59. The van der Waals surface area contributed by atoms with E-state index in [0.717, 1.165) is 11.8 Å². The minimum Gasteiger partial charge on any atom is -0.480 e. The number of hydrogen-bond acceptors (Lipinski definition) is 5. The molecule has 0 radical (unpaired) electrons. The largest absolute Gasteiger partial charge is 0.480 e. The van der Waals surface area contributed by atoms with Gasteiger partial charge in [-0.05, 0) is 36.1 Å². The predicted molar refractivity (Wildman–Crippen MR) is 103 cm³/mol. The summed E-state index contributed by atoms with van der Waals surface area (Å²) in [5, 5.41) is 13.4. The van der Waals surface area contributed by atoms with Gasteiger partial charge in [-0.1, -0.05) is 37.0 Å². The zero-order valence-corrected chi connectivity index (χ0v) is 16.6. The second-order valence-electron chi connectivity index (χ2n) is 6.82. The Morgan fingerprint density at radius 2 is 1.96 bits per heavy atom. The van der Waals surface area contributed by atoms with E-state index in [1.807, 2.05) is 13.8 Å². The van der Waals surface area contributed by atoms with Crippen molar-refractivity contribution in [2.24, 2.45) is 5.92 Å². The summed E-state index contributed by atoms with van der Waals surface area (Å²) in [6.45, 7) is 3.94. The number of nitrogens with one attached hydrogen (secondary N) is 1. The highest BCUT2D eigenvalue weighted by atomic mass is 35.5. The number of carbonyl (C=O) groups excluding carboxylic acids is 1. The fourth-order valence-corrected chi connectivity index (χ4v) is 3.34. The number of oxazole rings is 1. The molecule has 8 heteroatoms. The van der Waals surface area contributed by atoms with Crippen molar-refractivity contribution in [1.29, 1.82) is 0 Å². The molecule has 0 spiro atoms. The Hall–Kier alpha value is -1.89. The number of rotatable bonds is 10. The van der Waals surface area contributed by atoms with Gasteiger partial charge < -0.3 is 14.3 Å². The van der Waals surface area contributed by atoms with Crippen LogP contribution in [0.1, 0.15) is 37.4 Å². The summed E-state index contributed by atoms with van der Waals surface area (Å²) in [6, 6.07) is 3.71. The van der Waals surface area contributed by atoms with Gasteiger partial charge in [-0.15, -0.1) is 0 Å². The van der Waals surface area contributed by atoms with Crippen LogP contribution in [0.3, 0.4) is 0 Å². The van der Waals surface area contributed by atoms with Gasteiger partial charge in [0.1, 0.15) is 18.6 Å². The van der Waals surface area contributed by atoms with Crippen molar-refractivity contribution in [2.45, 2.75) is 45.2 Å². The summed E-state index contributed by atoms with van der Waals surface area (Å²) < 4.78 is 5.41. The molecule has 0 saturated carbocycles. The third-order valence-corrected chi connectivity index (χ3v) is 4.33. The molecule has 2 atom stereocenters. The van der Waals surface area contributed by atoms with Crippen LogP contribution in [0, 0.1) is 5.92 Å². The van der Waals surface area contributed by atoms with Gasteiger partial charge in [0, 0.05) is 16.5 Å². The number of hydrogen-bond donors (Lipinski definition) is 2. The lowest BCUT2D eigenvalue weighted by atomic mass is 10.0. The fourth-order valence-electron chi connectivity index (χ4n) is 2.77. The van der Waals surface area contributed by atoms with Gasteiger partial charge in [-0.2, -0.15) is 0 Å². The third kappa shape index (κ3) is 6.97. The Bertz CT molecular complexity index is 772. The molecule has 2 N–H and O–H groups in total. The van der Waals surface area contributed by atoms with Crippen molar-refractivity contribution in [1.82, 2.24) is 10.3 Å². The minimum absolute atomic E-state index is 0.0358. The SMILES string of the molecule is CC(C)C[C@@H](C=O)N[C@@H](Cc1nc(Cc2cc(Cl)cc(Cl)c2)co1)C(=O)O. The molecule has 0 aliphatic rings. The molecule has 6 nitrogen and oxygen atoms in total. The third-order valence-electron chi connectivity index (χ3n) is 3.89. The quantitative estimate of drug-likeness (QED) is 0.576. The number of aldehydes is 1. The zero-order chi connectivity index (χ0) is 20.0. The van der Waals surface area contributed by atoms with Crippen LogP contribution in [0.15, 0.2) is 28.9 Å². The molecule has 0 unspecified atom stereocenters. The van der Waals surface area contributed by atoms with Crippen LogP contribution >= 0.6 is 23.2 Å². The van der Waals surface area contributed by atoms with E-state index in [1.54, 1.807) is 18.2 Å². The van der Waals surface area contributed by atoms with Gasteiger partial charge in [0.05, 0.1) is 18.2 Å². The molecule has 0 saturated heterocycles. The molecule has 2 aromatic rings. The van der Waals surface area contributed by atoms with Crippen LogP contribution in [0.25, 0.3) is 0 Å². The number of benzene rings is 1. The summed E-state index contributed by atoms with van der Waals surface area (Å²) in [6.07, 6.45) is 3.27. The Morgan fingerprint density at radius 3 is 2.52 bits per heavy atom. The number of aromatic nitrogens is 1. The van der Waals surface area contributed by atoms with E-state index < -0.39 is 18.1 Å². The maximum absolute atomic E-state index is 11.5. The highest BCUT2D eigenvalue weighted by Gasteiger charge is 2.24. The average molecular weight is 413 g/mol. The highest BCUT2D eigenvalue weighted by Crippen LogP contribution is 2.21. The van der Waals surface area contributed by atoms with E-state index in [4.69, 9.17) is 27.6 Å². The lowest BCUT2D eigenvalue weighted by Gasteiger charge is -2.19. The number of halogens is 2. The molecule has 2 rings (SSSR count). The minimum atomic E-state index is -1.06. The molecule has 1 aromatic carbocycles. The Morgan fingerprint density at radius 1 is 1.30 bits per heavy atom. The molecule has 1 aromatic heterocycles. The molecular formula is C19H22Cl2N2O4. The number of carboxylic acid groups (broad SMARTS) is 1. The molecule has 0 amide bonds. The summed E-state index contributed by atoms with van der Waals surface area (Å²) in [5.41, 5.74) is 1.51. The van der Waals surface area contributed by atoms with Gasteiger partial charge in [0.2, 0.25) is 0 Å². The monoisotopic (exact) mass is 412 g/mol. The van der Waals surface area contributed by atoms with Gasteiger partial charge >= 0.3 is 5.97 Å². The van der Waals surface area contributed by atoms with Crippen molar-refractivity contribution >= 4 is 35.5 Å². The first-order valence-corrected chi connectivity index (χ1v) is 9.34. The lowest BCUT2D eigenvalue weighted by Crippen LogP contribution is -2.46. The molecule has 0 aliphatic heterocycles. The molecule has 1 heterocycles. The van der Waals surface area contributed by atoms with E-state index in [0.29, 0.717) is 28.6 Å². The summed E-state index contributed by atoms with van der Waals surface area (Å²) in [4.78, 5) is 27.1. The molecule has 0 fully saturated rings. The first kappa shape index (κ1) is 21.4. The number of carbonyl (C=O) groups is 2. The molecular weight excluding hydrogens is 391 g/mol. The van der Waals surface area contributed by atoms with Gasteiger partial charge in [0.25, 0.3) is 0 Å². The van der Waals surface area contributed by atoms with E-state index in [1.165, 1.54) is 6.26 Å². The van der Waals surface area contributed by atoms with E-state index in [2.05, 4.69) is 10.3 Å². The molecule has 27 heavy (non-hydrogen) atoms. The summed E-state index contributed by atoms with van der Waals surface area (Å²) in [5.74, 6) is -0.515. The zero-order valence-electron chi connectivity index (χ0n) is 15.1. The Kier molecular flexibility index (Phi) is 7.83. The Balaban J connectivity index is 2.04. The van der Waals surface area contributed by atoms with Crippen LogP contribution in [0.2, 0.25) is 10.0 Å². The second-order valence-corrected chi connectivity index (χ2v) is 7.69. The van der Waals surface area contributed by atoms with Crippen molar-refractivity contribution in [3.8, 4) is 0 Å². The standard InChI is InChI=1S/C19H22Cl2N2O4/c1-11(2)3-15(9-24)22-17(19(25)26)8-18-23-16(10-27-18)6-12-4-13(20)7-14(21)5-12/h4-5,7,9-11,15,17,22H,3,6,8H2,1-2H3,(H,25,26)/t15-,17-/m0/s1. The van der Waals surface area contributed by atoms with Crippen LogP contribution in [0.4, 0.5) is 0 Å². The molecule has 146 valence electrons. The lowest BCUT2D eigenvalue weighted by molar-refractivity contribution is -0.139. The number of carboxylic acids is 1. The van der Waals surface area contributed by atoms with Crippen LogP contribution < -0.4 is 5.32 Å². The van der Waals surface area contributed by atoms with Crippen molar-refractivity contribution < 1.29 is 19.1 Å². The first-order chi connectivity index (χ1) is 12.8. The predicted octanol–water partition coefficient (Wildman–Crippen LogP) is 3.77. The van der Waals surface area contributed by atoms with Crippen molar-refractivity contribution in [2.75, 3.05) is 0 Å². The molecule has 0 bridgehead atoms. The smallest absolute Gasteiger partial charge is 0.321 e. The Labute approximate surface area is 167 Å². The number of nitrogens with zero attached hydrogens (tertiary/aromatic N) is 1. The summed E-state index contributed by atoms with van der Waals surface area (Å²) in [7, 11) is 0. The van der Waals surface area contributed by atoms with Crippen LogP contribution in [-0.2, 0) is 22.4 Å². The van der Waals surface area contributed by atoms with Gasteiger partial charge in [-0.3, -0.25) is 10.1 Å². The van der Waals surface area contributed by atoms with Gasteiger partial charge in [0.15, 0.2) is 5.89 Å². The fraction of sp³-hybridized carbons (Fsp3) is 0.421. The van der Waals surface area contributed by atoms with E-state index in [9.17, 15) is 14.7 Å². The highest BCUT2D eigenvalue weighted by molar-refractivity contribution is 6.34. The second kappa shape index (κ2) is 9.88. The summed E-state index contributed by atoms with van der Waals surface area (Å²) >= 11 is 12.0. The normalized spacial score (nSPS) is 13.5. The van der Waals surface area contributed by atoms with E-state index in [-0.39, 0.29) is 18.2 Å². The maximum atomic E-state index is 11.5. The topological polar surface area (TPSA) is 92.4 Å². The van der Waals surface area contributed by atoms with E-state index >= 15 is 0 Å². The van der Waals surface area contributed by atoms with Crippen molar-refractivity contribution in [3.63, 3.8) is 0 Å². The van der Waals surface area contributed by atoms with Gasteiger partial charge in [-0.25, -0.2) is 4.98 Å². The maximum Gasteiger partial charge on any atom is 0.321 e. The van der Waals surface area contributed by atoms with Crippen molar-refractivity contribution in [3.05, 3.63) is 51.7 Å². The number of aliphatic carboxylic acids is 1. The van der Waals surface area contributed by atoms with Crippen LogP contribution in [-0.4, -0.2) is 34.4 Å². The molecule has 0 aliphatic carbocycles. The van der Waals surface area contributed by atoms with Crippen LogP contribution in [0.5, 0.6) is 0 Å². The average Bonchev–Trinajstić information content (AvgIpc) is 2.98.